The summed E-state index contributed by atoms with van der Waals surface area (Å²) in [6.45, 7) is 2.47. The topological polar surface area (TPSA) is 73.0 Å². The smallest absolute Gasteiger partial charge is 0.223 e. The molecule has 104 valence electrons. The molecule has 6 nitrogen and oxygen atoms in total. The number of hydrogen-bond acceptors (Lipinski definition) is 5. The highest BCUT2D eigenvalue weighted by molar-refractivity contribution is 5.21. The summed E-state index contributed by atoms with van der Waals surface area (Å²) >= 11 is 0. The number of benzene rings is 1. The average Bonchev–Trinajstić information content (AvgIpc) is 3.20. The van der Waals surface area contributed by atoms with Crippen LogP contribution in [0.1, 0.15) is 38.2 Å². The number of rotatable bonds is 9. The van der Waals surface area contributed by atoms with Crippen LogP contribution in [0.2, 0.25) is 0 Å². The number of hydrogen-bond donors (Lipinski definition) is 1. The molecule has 1 heterocycles. The van der Waals surface area contributed by atoms with E-state index >= 15 is 0 Å². The van der Waals surface area contributed by atoms with Gasteiger partial charge in [0.2, 0.25) is 0 Å². The summed E-state index contributed by atoms with van der Waals surface area (Å²) in [4.78, 5) is 26.4. The number of nitrogens with zero attached hydrogens (tertiary/aromatic N) is 1. The van der Waals surface area contributed by atoms with E-state index in [1.54, 1.807) is 12.1 Å². The molecule has 0 bridgehead atoms. The molecule has 0 spiro atoms. The van der Waals surface area contributed by atoms with E-state index in [4.69, 9.17) is 14.5 Å². The van der Waals surface area contributed by atoms with Gasteiger partial charge in [0.15, 0.2) is 6.61 Å². The fraction of sp³-hybridized carbons (Fsp3) is 0.538. The van der Waals surface area contributed by atoms with E-state index in [1.165, 1.54) is 0 Å². The van der Waals surface area contributed by atoms with Crippen molar-refractivity contribution in [3.05, 3.63) is 40.8 Å². The SMILES string of the molecule is CCCCCCO[N+](=O)OC1(c2ccccc2)NO1. The molecule has 1 saturated heterocycles. The van der Waals surface area contributed by atoms with Crippen molar-refractivity contribution in [2.75, 3.05) is 6.61 Å². The summed E-state index contributed by atoms with van der Waals surface area (Å²) in [7, 11) is 0. The Morgan fingerprint density at radius 3 is 2.63 bits per heavy atom. The quantitative estimate of drug-likeness (QED) is 0.423. The summed E-state index contributed by atoms with van der Waals surface area (Å²) in [5, 5.41) is 0.110. The lowest BCUT2D eigenvalue weighted by atomic mass is 10.2. The van der Waals surface area contributed by atoms with Crippen LogP contribution in [-0.2, 0) is 20.4 Å². The molecule has 6 heteroatoms. The first-order valence-electron chi connectivity index (χ1n) is 6.57. The molecule has 0 aromatic heterocycles. The minimum atomic E-state index is -1.20. The van der Waals surface area contributed by atoms with Gasteiger partial charge in [-0.2, -0.15) is 4.84 Å². The Hall–Kier alpha value is -1.66. The molecule has 1 fully saturated rings. The van der Waals surface area contributed by atoms with Gasteiger partial charge >= 0.3 is 11.0 Å². The Kier molecular flexibility index (Phi) is 4.70. The summed E-state index contributed by atoms with van der Waals surface area (Å²) in [5.74, 6) is -1.20. The van der Waals surface area contributed by atoms with Crippen LogP contribution in [0.15, 0.2) is 30.3 Å². The number of unbranched alkanes of at least 4 members (excludes halogenated alkanes) is 3. The van der Waals surface area contributed by atoms with Gasteiger partial charge < -0.3 is 0 Å². The fourth-order valence-corrected chi connectivity index (χ4v) is 1.71. The highest BCUT2D eigenvalue weighted by Crippen LogP contribution is 2.33. The Balaban J connectivity index is 1.74. The van der Waals surface area contributed by atoms with Gasteiger partial charge in [-0.25, -0.2) is 4.84 Å². The Bertz CT molecular complexity index is 406. The van der Waals surface area contributed by atoms with Gasteiger partial charge in [-0.05, 0) is 12.8 Å². The van der Waals surface area contributed by atoms with E-state index in [9.17, 15) is 4.91 Å². The molecule has 1 aliphatic rings. The normalized spacial score (nSPS) is 20.9. The fourth-order valence-electron chi connectivity index (χ4n) is 1.71. The molecule has 2 rings (SSSR count). The van der Waals surface area contributed by atoms with Crippen molar-refractivity contribution in [3.63, 3.8) is 0 Å². The lowest BCUT2D eigenvalue weighted by Crippen LogP contribution is -2.24. The third kappa shape index (κ3) is 3.90. The van der Waals surface area contributed by atoms with Crippen LogP contribution in [-0.4, -0.2) is 11.7 Å². The van der Waals surface area contributed by atoms with Crippen LogP contribution in [0.25, 0.3) is 0 Å². The average molecular weight is 267 g/mol. The van der Waals surface area contributed by atoms with Gasteiger partial charge in [0.25, 0.3) is 0 Å². The zero-order valence-electron chi connectivity index (χ0n) is 11.0. The highest BCUT2D eigenvalue weighted by atomic mass is 17.1. The minimum Gasteiger partial charge on any atom is -0.223 e. The molecule has 0 saturated carbocycles. The van der Waals surface area contributed by atoms with E-state index in [0.29, 0.717) is 12.2 Å². The second-order valence-electron chi connectivity index (χ2n) is 4.40. The van der Waals surface area contributed by atoms with E-state index in [1.807, 2.05) is 18.2 Å². The maximum absolute atomic E-state index is 11.5. The van der Waals surface area contributed by atoms with E-state index in [-0.39, 0.29) is 5.09 Å². The Morgan fingerprint density at radius 1 is 1.26 bits per heavy atom. The molecule has 1 aromatic rings. The zero-order valence-corrected chi connectivity index (χ0v) is 11.0. The molecule has 1 aromatic carbocycles. The van der Waals surface area contributed by atoms with Crippen molar-refractivity contribution >= 4 is 0 Å². The first kappa shape index (κ1) is 13.8. The maximum atomic E-state index is 11.5. The first-order chi connectivity index (χ1) is 9.27. The predicted octanol–water partition coefficient (Wildman–Crippen LogP) is 2.55. The molecule has 0 aliphatic carbocycles. The van der Waals surface area contributed by atoms with Crippen LogP contribution >= 0.6 is 0 Å². The number of hydroxylamine groups is 1. The summed E-state index contributed by atoms with van der Waals surface area (Å²) in [6, 6.07) is 9.15. The molecule has 1 unspecified atom stereocenters. The Morgan fingerprint density at radius 2 is 2.00 bits per heavy atom. The van der Waals surface area contributed by atoms with Gasteiger partial charge in [-0.1, -0.05) is 50.1 Å². The van der Waals surface area contributed by atoms with Crippen molar-refractivity contribution in [1.29, 1.82) is 0 Å². The molecular weight excluding hydrogens is 248 g/mol. The lowest BCUT2D eigenvalue weighted by molar-refractivity contribution is -0.995. The largest absolute Gasteiger partial charge is 0.482 e. The van der Waals surface area contributed by atoms with Crippen molar-refractivity contribution in [1.82, 2.24) is 5.48 Å². The van der Waals surface area contributed by atoms with Gasteiger partial charge in [-0.15, -0.1) is 10.3 Å². The van der Waals surface area contributed by atoms with Gasteiger partial charge in [0, 0.05) is 0 Å². The van der Waals surface area contributed by atoms with Crippen molar-refractivity contribution in [3.8, 4) is 0 Å². The summed E-state index contributed by atoms with van der Waals surface area (Å²) in [6.07, 6.45) is 4.17. The van der Waals surface area contributed by atoms with Crippen molar-refractivity contribution in [2.45, 2.75) is 38.5 Å². The van der Waals surface area contributed by atoms with Crippen LogP contribution < -0.4 is 5.48 Å². The molecule has 1 atom stereocenters. The van der Waals surface area contributed by atoms with Crippen LogP contribution in [0.4, 0.5) is 0 Å². The molecule has 0 radical (unpaired) electrons. The second kappa shape index (κ2) is 6.49. The summed E-state index contributed by atoms with van der Waals surface area (Å²) in [5.41, 5.74) is 3.28. The molecule has 19 heavy (non-hydrogen) atoms. The highest BCUT2D eigenvalue weighted by Gasteiger charge is 2.58. The first-order valence-corrected chi connectivity index (χ1v) is 6.57. The molecule has 0 amide bonds. The lowest BCUT2D eigenvalue weighted by Gasteiger charge is -2.02. The second-order valence-corrected chi connectivity index (χ2v) is 4.40. The monoisotopic (exact) mass is 267 g/mol. The van der Waals surface area contributed by atoms with Crippen molar-refractivity contribution < 1.29 is 19.6 Å². The van der Waals surface area contributed by atoms with Gasteiger partial charge in [0.05, 0.1) is 5.56 Å². The van der Waals surface area contributed by atoms with E-state index < -0.39 is 5.91 Å². The Labute approximate surface area is 112 Å². The van der Waals surface area contributed by atoms with Gasteiger partial charge in [0.1, 0.15) is 4.91 Å². The van der Waals surface area contributed by atoms with E-state index in [2.05, 4.69) is 12.4 Å². The zero-order chi connectivity index (χ0) is 13.6. The van der Waals surface area contributed by atoms with Gasteiger partial charge in [-0.3, -0.25) is 0 Å². The molecule has 1 N–H and O–H groups in total. The molecule has 1 aliphatic heterocycles. The summed E-state index contributed by atoms with van der Waals surface area (Å²) < 4.78 is 0. The predicted molar refractivity (Wildman–Crippen MR) is 67.1 cm³/mol. The van der Waals surface area contributed by atoms with Crippen LogP contribution in [0.3, 0.4) is 0 Å². The standard InChI is InChI=1S/C13H19N2O4/c1-2-3-4-8-11-17-15(16)19-13(14-18-13)12-9-6-5-7-10-12/h5-7,9-10,14H,2-4,8,11H2,1H3/q+1. The third-order valence-corrected chi connectivity index (χ3v) is 2.84. The maximum Gasteiger partial charge on any atom is 0.482 e. The third-order valence-electron chi connectivity index (χ3n) is 2.84. The van der Waals surface area contributed by atoms with E-state index in [0.717, 1.165) is 25.7 Å². The van der Waals surface area contributed by atoms with Crippen molar-refractivity contribution in [2.24, 2.45) is 0 Å². The van der Waals surface area contributed by atoms with Crippen LogP contribution in [0, 0.1) is 4.91 Å². The number of nitrogens with one attached hydrogen (secondary N) is 1. The van der Waals surface area contributed by atoms with Crippen LogP contribution in [0.5, 0.6) is 0 Å². The minimum absolute atomic E-state index is 0.110. The molecular formula is C13H19N2O4+.